The van der Waals surface area contributed by atoms with Crippen LogP contribution < -0.4 is 5.32 Å². The number of nitrogens with zero attached hydrogens (tertiary/aromatic N) is 2. The topological polar surface area (TPSA) is 110 Å². The van der Waals surface area contributed by atoms with Gasteiger partial charge in [-0.05, 0) is 72.8 Å². The zero-order valence-corrected chi connectivity index (χ0v) is 22.0. The van der Waals surface area contributed by atoms with Crippen LogP contribution in [0.1, 0.15) is 11.1 Å². The van der Waals surface area contributed by atoms with Crippen LogP contribution in [0, 0.1) is 17.0 Å². The molecule has 3 aromatic carbocycles. The molecule has 0 unspecified atom stereocenters. The number of anilines is 1. The molecule has 4 rings (SSSR count). The predicted octanol–water partition coefficient (Wildman–Crippen LogP) is 6.49. The smallest absolute Gasteiger partial charge is 0.294 e. The third-order valence-electron chi connectivity index (χ3n) is 5.03. The SMILES string of the molecule is Cc1ccc(Sc2ccc(C=C3SC(=O)N(CC(=O)Nc4ccc(Br)cc4)C3=O)cc2[N+](=O)[O-])cc1. The number of nitro benzene ring substituents is 1. The normalized spacial score (nSPS) is 14.4. The predicted molar refractivity (Wildman–Crippen MR) is 144 cm³/mol. The number of aryl methyl sites for hydroxylation is 1. The van der Waals surface area contributed by atoms with Crippen molar-refractivity contribution in [2.45, 2.75) is 16.7 Å². The number of nitrogens with one attached hydrogen (secondary N) is 1. The van der Waals surface area contributed by atoms with E-state index in [0.717, 1.165) is 19.8 Å². The van der Waals surface area contributed by atoms with Crippen LogP contribution in [0.4, 0.5) is 16.2 Å². The standard InChI is InChI=1S/C25H18BrN3O5S2/c1-15-2-9-19(10-3-15)35-21-11-4-16(12-20(21)29(33)34)13-22-24(31)28(25(32)36-22)14-23(30)27-18-7-5-17(26)6-8-18/h2-13H,14H2,1H3,(H,27,30). The molecule has 1 saturated heterocycles. The van der Waals surface area contributed by atoms with Crippen molar-refractivity contribution in [1.29, 1.82) is 0 Å². The van der Waals surface area contributed by atoms with Gasteiger partial charge >= 0.3 is 0 Å². The summed E-state index contributed by atoms with van der Waals surface area (Å²) in [5.74, 6) is -1.15. The number of rotatable bonds is 7. The van der Waals surface area contributed by atoms with E-state index in [1.807, 2.05) is 31.2 Å². The van der Waals surface area contributed by atoms with Gasteiger partial charge < -0.3 is 5.32 Å². The van der Waals surface area contributed by atoms with E-state index in [1.165, 1.54) is 23.9 Å². The average Bonchev–Trinajstić information content (AvgIpc) is 3.10. The van der Waals surface area contributed by atoms with Gasteiger partial charge in [0.2, 0.25) is 5.91 Å². The fourth-order valence-electron chi connectivity index (χ4n) is 3.25. The Balaban J connectivity index is 1.49. The quantitative estimate of drug-likeness (QED) is 0.192. The molecule has 0 aromatic heterocycles. The number of carbonyl (C=O) groups is 3. The summed E-state index contributed by atoms with van der Waals surface area (Å²) >= 11 is 5.26. The van der Waals surface area contributed by atoms with Gasteiger partial charge in [0.15, 0.2) is 0 Å². The lowest BCUT2D eigenvalue weighted by Gasteiger charge is -2.12. The Hall–Kier alpha value is -3.41. The summed E-state index contributed by atoms with van der Waals surface area (Å²) in [6.07, 6.45) is 1.42. The van der Waals surface area contributed by atoms with Crippen molar-refractivity contribution in [1.82, 2.24) is 4.90 Å². The number of halogens is 1. The Morgan fingerprint density at radius 2 is 1.81 bits per heavy atom. The summed E-state index contributed by atoms with van der Waals surface area (Å²) in [5.41, 5.74) is 1.91. The molecular formula is C25H18BrN3O5S2. The number of carbonyl (C=O) groups excluding carboxylic acids is 3. The molecule has 36 heavy (non-hydrogen) atoms. The van der Waals surface area contributed by atoms with Crippen LogP contribution in [0.3, 0.4) is 0 Å². The second-order valence-corrected chi connectivity index (χ2v) is 10.7. The van der Waals surface area contributed by atoms with E-state index in [1.54, 1.807) is 36.4 Å². The molecule has 0 aliphatic carbocycles. The highest BCUT2D eigenvalue weighted by molar-refractivity contribution is 9.10. The summed E-state index contributed by atoms with van der Waals surface area (Å²) in [5, 5.41) is 13.8. The maximum absolute atomic E-state index is 12.8. The maximum Gasteiger partial charge on any atom is 0.294 e. The van der Waals surface area contributed by atoms with E-state index in [4.69, 9.17) is 0 Å². The molecule has 0 spiro atoms. The fourth-order valence-corrected chi connectivity index (χ4v) is 5.25. The maximum atomic E-state index is 12.8. The second-order valence-electron chi connectivity index (χ2n) is 7.72. The van der Waals surface area contributed by atoms with Gasteiger partial charge in [0, 0.05) is 21.1 Å². The third-order valence-corrected chi connectivity index (χ3v) is 7.54. The molecule has 1 fully saturated rings. The van der Waals surface area contributed by atoms with Gasteiger partial charge in [0.25, 0.3) is 16.8 Å². The minimum atomic E-state index is -0.628. The van der Waals surface area contributed by atoms with E-state index in [9.17, 15) is 24.5 Å². The summed E-state index contributed by atoms with van der Waals surface area (Å²) in [6.45, 7) is 1.52. The first kappa shape index (κ1) is 25.7. The lowest BCUT2D eigenvalue weighted by molar-refractivity contribution is -0.387. The lowest BCUT2D eigenvalue weighted by atomic mass is 10.2. The van der Waals surface area contributed by atoms with E-state index in [-0.39, 0.29) is 10.6 Å². The molecule has 182 valence electrons. The highest BCUT2D eigenvalue weighted by Crippen LogP contribution is 2.37. The molecule has 1 aliphatic rings. The number of hydrogen-bond acceptors (Lipinski definition) is 7. The Kier molecular flexibility index (Phi) is 7.92. The van der Waals surface area contributed by atoms with Crippen LogP contribution in [0.2, 0.25) is 0 Å². The van der Waals surface area contributed by atoms with Crippen LogP contribution in [-0.2, 0) is 9.59 Å². The van der Waals surface area contributed by atoms with Crippen molar-refractivity contribution in [3.05, 3.63) is 97.3 Å². The van der Waals surface area contributed by atoms with Crippen LogP contribution in [0.5, 0.6) is 0 Å². The molecule has 0 bridgehead atoms. The fraction of sp³-hybridized carbons (Fsp3) is 0.0800. The molecule has 0 radical (unpaired) electrons. The molecule has 3 amide bonds. The van der Waals surface area contributed by atoms with Crippen LogP contribution in [-0.4, -0.2) is 33.4 Å². The molecule has 1 heterocycles. The Labute approximate surface area is 223 Å². The summed E-state index contributed by atoms with van der Waals surface area (Å²) in [6, 6.07) is 19.1. The minimum absolute atomic E-state index is 0.0877. The molecule has 8 nitrogen and oxygen atoms in total. The Morgan fingerprint density at radius 3 is 2.47 bits per heavy atom. The van der Waals surface area contributed by atoms with E-state index in [0.29, 0.717) is 27.9 Å². The van der Waals surface area contributed by atoms with Crippen LogP contribution >= 0.6 is 39.5 Å². The van der Waals surface area contributed by atoms with E-state index >= 15 is 0 Å². The number of amides is 3. The molecule has 0 saturated carbocycles. The number of hydrogen-bond donors (Lipinski definition) is 1. The molecule has 1 N–H and O–H groups in total. The highest BCUT2D eigenvalue weighted by Gasteiger charge is 2.36. The zero-order chi connectivity index (χ0) is 25.8. The largest absolute Gasteiger partial charge is 0.325 e. The van der Waals surface area contributed by atoms with E-state index < -0.39 is 28.5 Å². The Bertz CT molecular complexity index is 1390. The first-order chi connectivity index (χ1) is 17.2. The zero-order valence-electron chi connectivity index (χ0n) is 18.8. The number of benzene rings is 3. The number of nitro groups is 1. The first-order valence-corrected chi connectivity index (χ1v) is 13.0. The van der Waals surface area contributed by atoms with Crippen molar-refractivity contribution in [2.75, 3.05) is 11.9 Å². The first-order valence-electron chi connectivity index (χ1n) is 10.5. The van der Waals surface area contributed by atoms with Gasteiger partial charge in [0.05, 0.1) is 14.7 Å². The summed E-state index contributed by atoms with van der Waals surface area (Å²) in [7, 11) is 0. The van der Waals surface area contributed by atoms with Crippen molar-refractivity contribution in [2.24, 2.45) is 0 Å². The molecule has 11 heteroatoms. The van der Waals surface area contributed by atoms with Gasteiger partial charge in [0.1, 0.15) is 6.54 Å². The molecule has 0 atom stereocenters. The summed E-state index contributed by atoms with van der Waals surface area (Å²) < 4.78 is 0.846. The van der Waals surface area contributed by atoms with E-state index in [2.05, 4.69) is 21.2 Å². The molecular weight excluding hydrogens is 566 g/mol. The monoisotopic (exact) mass is 583 g/mol. The molecule has 1 aliphatic heterocycles. The van der Waals surface area contributed by atoms with Gasteiger partial charge in [-0.3, -0.25) is 29.4 Å². The third kappa shape index (κ3) is 6.23. The Morgan fingerprint density at radius 1 is 1.11 bits per heavy atom. The van der Waals surface area contributed by atoms with Crippen molar-refractivity contribution in [3.63, 3.8) is 0 Å². The van der Waals surface area contributed by atoms with Crippen LogP contribution in [0.25, 0.3) is 6.08 Å². The minimum Gasteiger partial charge on any atom is -0.325 e. The highest BCUT2D eigenvalue weighted by atomic mass is 79.9. The molecule has 3 aromatic rings. The van der Waals surface area contributed by atoms with Crippen molar-refractivity contribution >= 4 is 74.0 Å². The number of thioether (sulfide) groups is 1. The van der Waals surface area contributed by atoms with Gasteiger partial charge in [-0.25, -0.2) is 0 Å². The van der Waals surface area contributed by atoms with Gasteiger partial charge in [-0.1, -0.05) is 51.5 Å². The van der Waals surface area contributed by atoms with Crippen LogP contribution in [0.15, 0.2) is 85.9 Å². The van der Waals surface area contributed by atoms with Crippen molar-refractivity contribution in [3.8, 4) is 0 Å². The second kappa shape index (κ2) is 11.1. The van der Waals surface area contributed by atoms with Gasteiger partial charge in [-0.2, -0.15) is 0 Å². The summed E-state index contributed by atoms with van der Waals surface area (Å²) in [4.78, 5) is 51.0. The number of imide groups is 1. The lowest BCUT2D eigenvalue weighted by Crippen LogP contribution is -2.36. The van der Waals surface area contributed by atoms with Gasteiger partial charge in [-0.15, -0.1) is 0 Å². The van der Waals surface area contributed by atoms with Crippen molar-refractivity contribution < 1.29 is 19.3 Å². The average molecular weight is 584 g/mol.